The van der Waals surface area contributed by atoms with Crippen LogP contribution >= 0.6 is 23.2 Å². The van der Waals surface area contributed by atoms with Crippen molar-refractivity contribution in [3.05, 3.63) is 39.5 Å². The Morgan fingerprint density at radius 1 is 1.00 bits per heavy atom. The first-order valence-electron chi connectivity index (χ1n) is 6.26. The molecule has 1 aromatic carbocycles. The van der Waals surface area contributed by atoms with E-state index in [9.17, 15) is 0 Å². The van der Waals surface area contributed by atoms with Crippen LogP contribution in [0.5, 0.6) is 0 Å². The van der Waals surface area contributed by atoms with E-state index in [0.29, 0.717) is 21.7 Å². The molecule has 5 heteroatoms. The Hall–Kier alpha value is -1.32. The molecule has 1 aliphatic rings. The molecule has 1 aliphatic carbocycles. The van der Waals surface area contributed by atoms with Crippen molar-refractivity contribution in [3.8, 4) is 11.4 Å². The number of nitrogens with two attached hydrogens (primary N) is 1. The van der Waals surface area contributed by atoms with Gasteiger partial charge in [-0.3, -0.25) is 0 Å². The molecule has 1 heterocycles. The molecule has 0 aliphatic heterocycles. The molecule has 0 unspecified atom stereocenters. The van der Waals surface area contributed by atoms with Gasteiger partial charge in [-0.1, -0.05) is 23.2 Å². The number of halogens is 2. The van der Waals surface area contributed by atoms with Crippen molar-refractivity contribution >= 4 is 29.0 Å². The lowest BCUT2D eigenvalue weighted by Gasteiger charge is -2.17. The molecule has 3 nitrogen and oxygen atoms in total. The van der Waals surface area contributed by atoms with E-state index in [1.165, 1.54) is 0 Å². The van der Waals surface area contributed by atoms with E-state index >= 15 is 0 Å². The van der Waals surface area contributed by atoms with E-state index in [-0.39, 0.29) is 0 Å². The van der Waals surface area contributed by atoms with Gasteiger partial charge in [0.1, 0.15) is 5.82 Å². The molecule has 3 rings (SSSR count). The van der Waals surface area contributed by atoms with Gasteiger partial charge < -0.3 is 5.73 Å². The minimum atomic E-state index is 0.499. The molecule has 0 fully saturated rings. The van der Waals surface area contributed by atoms with Crippen molar-refractivity contribution in [1.29, 1.82) is 0 Å². The number of hydrogen-bond acceptors (Lipinski definition) is 3. The SMILES string of the molecule is Nc1nc(-c2ccc(Cl)c(Cl)c2)nc2c1CCCC2. The predicted molar refractivity (Wildman–Crippen MR) is 78.5 cm³/mol. The summed E-state index contributed by atoms with van der Waals surface area (Å²) in [6.07, 6.45) is 4.26. The third kappa shape index (κ3) is 2.40. The van der Waals surface area contributed by atoms with E-state index in [2.05, 4.69) is 9.97 Å². The summed E-state index contributed by atoms with van der Waals surface area (Å²) in [5.74, 6) is 1.21. The number of nitrogen functional groups attached to an aromatic ring is 1. The van der Waals surface area contributed by atoms with Crippen LogP contribution in [0.15, 0.2) is 18.2 Å². The number of rotatable bonds is 1. The van der Waals surface area contributed by atoms with Gasteiger partial charge in [-0.2, -0.15) is 0 Å². The zero-order valence-corrected chi connectivity index (χ0v) is 11.8. The van der Waals surface area contributed by atoms with Crippen LogP contribution < -0.4 is 5.73 Å². The average Bonchev–Trinajstić information content (AvgIpc) is 2.42. The predicted octanol–water partition coefficient (Wildman–Crippen LogP) is 3.91. The number of aryl methyl sites for hydroxylation is 1. The van der Waals surface area contributed by atoms with Crippen LogP contribution in [-0.4, -0.2) is 9.97 Å². The quantitative estimate of drug-likeness (QED) is 0.867. The molecule has 1 aromatic heterocycles. The zero-order valence-electron chi connectivity index (χ0n) is 10.3. The highest BCUT2D eigenvalue weighted by atomic mass is 35.5. The first-order valence-corrected chi connectivity index (χ1v) is 7.01. The van der Waals surface area contributed by atoms with Gasteiger partial charge in [0.15, 0.2) is 5.82 Å². The van der Waals surface area contributed by atoms with Crippen molar-refractivity contribution < 1.29 is 0 Å². The second-order valence-corrected chi connectivity index (χ2v) is 5.51. The molecule has 2 aromatic rings. The van der Waals surface area contributed by atoms with E-state index in [0.717, 1.165) is 42.5 Å². The maximum atomic E-state index is 6.04. The third-order valence-electron chi connectivity index (χ3n) is 3.39. The lowest BCUT2D eigenvalue weighted by Crippen LogP contribution is -2.11. The highest BCUT2D eigenvalue weighted by Crippen LogP contribution is 2.30. The number of hydrogen-bond donors (Lipinski definition) is 1. The van der Waals surface area contributed by atoms with Crippen molar-refractivity contribution in [2.45, 2.75) is 25.7 Å². The van der Waals surface area contributed by atoms with Crippen molar-refractivity contribution in [1.82, 2.24) is 9.97 Å². The Morgan fingerprint density at radius 3 is 2.58 bits per heavy atom. The molecule has 0 amide bonds. The Balaban J connectivity index is 2.10. The Morgan fingerprint density at radius 2 is 1.79 bits per heavy atom. The van der Waals surface area contributed by atoms with E-state index in [1.807, 2.05) is 6.07 Å². The molecule has 0 radical (unpaired) electrons. The Labute approximate surface area is 121 Å². The summed E-state index contributed by atoms with van der Waals surface area (Å²) in [6.45, 7) is 0. The molecule has 0 spiro atoms. The first-order chi connectivity index (χ1) is 9.15. The van der Waals surface area contributed by atoms with Gasteiger partial charge in [0.25, 0.3) is 0 Å². The largest absolute Gasteiger partial charge is 0.383 e. The summed E-state index contributed by atoms with van der Waals surface area (Å²) >= 11 is 11.9. The maximum absolute atomic E-state index is 6.04. The summed E-state index contributed by atoms with van der Waals surface area (Å²) in [5.41, 5.74) is 9.06. The Bertz CT molecular complexity index is 641. The molecular formula is C14H13Cl2N3. The molecule has 2 N–H and O–H groups in total. The minimum Gasteiger partial charge on any atom is -0.383 e. The van der Waals surface area contributed by atoms with Crippen LogP contribution in [0, 0.1) is 0 Å². The van der Waals surface area contributed by atoms with Crippen molar-refractivity contribution in [2.24, 2.45) is 0 Å². The monoisotopic (exact) mass is 293 g/mol. The van der Waals surface area contributed by atoms with Crippen LogP contribution in [0.1, 0.15) is 24.1 Å². The first kappa shape index (κ1) is 12.7. The molecule has 0 atom stereocenters. The topological polar surface area (TPSA) is 51.8 Å². The lowest BCUT2D eigenvalue weighted by molar-refractivity contribution is 0.666. The van der Waals surface area contributed by atoms with Crippen LogP contribution in [0.3, 0.4) is 0 Å². The number of benzene rings is 1. The average molecular weight is 294 g/mol. The summed E-state index contributed by atoms with van der Waals surface area (Å²) < 4.78 is 0. The number of fused-ring (bicyclic) bond motifs is 1. The van der Waals surface area contributed by atoms with Gasteiger partial charge in [-0.25, -0.2) is 9.97 Å². The van der Waals surface area contributed by atoms with Crippen molar-refractivity contribution in [2.75, 3.05) is 5.73 Å². The fraction of sp³-hybridized carbons (Fsp3) is 0.286. The Kier molecular flexibility index (Phi) is 3.33. The third-order valence-corrected chi connectivity index (χ3v) is 4.13. The van der Waals surface area contributed by atoms with Crippen LogP contribution in [-0.2, 0) is 12.8 Å². The van der Waals surface area contributed by atoms with Crippen LogP contribution in [0.4, 0.5) is 5.82 Å². The highest BCUT2D eigenvalue weighted by Gasteiger charge is 2.17. The van der Waals surface area contributed by atoms with Gasteiger partial charge in [0.2, 0.25) is 0 Å². The fourth-order valence-electron chi connectivity index (χ4n) is 2.39. The second kappa shape index (κ2) is 4.99. The van der Waals surface area contributed by atoms with Crippen LogP contribution in [0.2, 0.25) is 10.0 Å². The summed E-state index contributed by atoms with van der Waals surface area (Å²) in [4.78, 5) is 9.01. The number of aromatic nitrogens is 2. The van der Waals surface area contributed by atoms with E-state index in [1.54, 1.807) is 12.1 Å². The number of anilines is 1. The minimum absolute atomic E-state index is 0.499. The van der Waals surface area contributed by atoms with Gasteiger partial charge >= 0.3 is 0 Å². The summed E-state index contributed by atoms with van der Waals surface area (Å²) in [7, 11) is 0. The molecule has 98 valence electrons. The fourth-order valence-corrected chi connectivity index (χ4v) is 2.69. The van der Waals surface area contributed by atoms with Gasteiger partial charge in [-0.15, -0.1) is 0 Å². The molecular weight excluding hydrogens is 281 g/mol. The van der Waals surface area contributed by atoms with E-state index < -0.39 is 0 Å². The van der Waals surface area contributed by atoms with Gasteiger partial charge in [0, 0.05) is 16.8 Å². The lowest BCUT2D eigenvalue weighted by atomic mass is 9.96. The normalized spacial score (nSPS) is 14.2. The van der Waals surface area contributed by atoms with Gasteiger partial charge in [-0.05, 0) is 43.9 Å². The highest BCUT2D eigenvalue weighted by molar-refractivity contribution is 6.42. The van der Waals surface area contributed by atoms with Crippen molar-refractivity contribution in [3.63, 3.8) is 0 Å². The molecule has 0 bridgehead atoms. The molecule has 0 saturated heterocycles. The van der Waals surface area contributed by atoms with Gasteiger partial charge in [0.05, 0.1) is 10.0 Å². The summed E-state index contributed by atoms with van der Waals surface area (Å²) in [6, 6.07) is 5.38. The molecule has 19 heavy (non-hydrogen) atoms. The second-order valence-electron chi connectivity index (χ2n) is 4.69. The van der Waals surface area contributed by atoms with Crippen LogP contribution in [0.25, 0.3) is 11.4 Å². The maximum Gasteiger partial charge on any atom is 0.161 e. The zero-order chi connectivity index (χ0) is 13.4. The molecule has 0 saturated carbocycles. The van der Waals surface area contributed by atoms with E-state index in [4.69, 9.17) is 28.9 Å². The standard InChI is InChI=1S/C14H13Cl2N3/c15-10-6-5-8(7-11(10)16)14-18-12-4-2-1-3-9(12)13(17)19-14/h5-7H,1-4H2,(H2,17,18,19). The smallest absolute Gasteiger partial charge is 0.161 e. The number of nitrogens with zero attached hydrogens (tertiary/aromatic N) is 2. The summed E-state index contributed by atoms with van der Waals surface area (Å²) in [5, 5.41) is 1.02.